The predicted octanol–water partition coefficient (Wildman–Crippen LogP) is 2.75. The maximum atomic E-state index is 5.22. The van der Waals surface area contributed by atoms with Gasteiger partial charge in [-0.2, -0.15) is 0 Å². The highest BCUT2D eigenvalue weighted by molar-refractivity contribution is 8.22. The zero-order chi connectivity index (χ0) is 9.02. The van der Waals surface area contributed by atoms with Gasteiger partial charge in [-0.1, -0.05) is 12.2 Å². The van der Waals surface area contributed by atoms with Gasteiger partial charge >= 0.3 is 0 Å². The van der Waals surface area contributed by atoms with Gasteiger partial charge in [0, 0.05) is 12.1 Å². The molecular formula is C8H17NS2. The number of hydrogen-bond acceptors (Lipinski definition) is 2. The first-order valence-electron chi connectivity index (χ1n) is 3.87. The molecule has 0 spiro atoms. The first kappa shape index (κ1) is 11.2. The second-order valence-corrected chi connectivity index (χ2v) is 4.50. The zero-order valence-corrected chi connectivity index (χ0v) is 9.55. The van der Waals surface area contributed by atoms with Gasteiger partial charge in [0.15, 0.2) is 0 Å². The average Bonchev–Trinajstić information content (AvgIpc) is 1.85. The summed E-state index contributed by atoms with van der Waals surface area (Å²) >= 11 is 6.86. The lowest BCUT2D eigenvalue weighted by atomic mass is 10.2. The molecule has 0 bridgehead atoms. The maximum Gasteiger partial charge on any atom is 0.136 e. The molecule has 0 amide bonds. The minimum Gasteiger partial charge on any atom is -0.353 e. The molecule has 0 N–H and O–H groups in total. The van der Waals surface area contributed by atoms with Crippen LogP contribution in [-0.2, 0) is 0 Å². The van der Waals surface area contributed by atoms with Gasteiger partial charge < -0.3 is 4.90 Å². The standard InChI is InChI=1S/C8H17NS2/c1-6(2)9(7(3)4)8(10)11-5/h6-7H,1-5H3. The van der Waals surface area contributed by atoms with Crippen LogP contribution in [0.1, 0.15) is 27.7 Å². The monoisotopic (exact) mass is 191 g/mol. The molecule has 0 aromatic heterocycles. The highest BCUT2D eigenvalue weighted by Crippen LogP contribution is 2.13. The van der Waals surface area contributed by atoms with Crippen LogP contribution in [0.3, 0.4) is 0 Å². The molecule has 0 unspecified atom stereocenters. The van der Waals surface area contributed by atoms with Crippen molar-refractivity contribution >= 4 is 28.3 Å². The maximum absolute atomic E-state index is 5.22. The molecule has 0 fully saturated rings. The second kappa shape index (κ2) is 4.99. The molecular weight excluding hydrogens is 174 g/mol. The van der Waals surface area contributed by atoms with E-state index in [0.717, 1.165) is 4.32 Å². The van der Waals surface area contributed by atoms with Crippen LogP contribution in [0.5, 0.6) is 0 Å². The van der Waals surface area contributed by atoms with Crippen molar-refractivity contribution in [3.63, 3.8) is 0 Å². The average molecular weight is 191 g/mol. The molecule has 11 heavy (non-hydrogen) atoms. The van der Waals surface area contributed by atoms with Crippen LogP contribution in [0.25, 0.3) is 0 Å². The van der Waals surface area contributed by atoms with E-state index in [1.807, 2.05) is 6.26 Å². The lowest BCUT2D eigenvalue weighted by Gasteiger charge is -2.32. The largest absolute Gasteiger partial charge is 0.353 e. The van der Waals surface area contributed by atoms with E-state index in [-0.39, 0.29) is 0 Å². The van der Waals surface area contributed by atoms with E-state index in [4.69, 9.17) is 12.2 Å². The third-order valence-corrected chi connectivity index (χ3v) is 2.77. The number of nitrogens with zero attached hydrogens (tertiary/aromatic N) is 1. The van der Waals surface area contributed by atoms with Gasteiger partial charge in [-0.15, -0.1) is 11.8 Å². The quantitative estimate of drug-likeness (QED) is 0.618. The van der Waals surface area contributed by atoms with Crippen LogP contribution in [0, 0.1) is 0 Å². The summed E-state index contributed by atoms with van der Waals surface area (Å²) in [4.78, 5) is 2.25. The summed E-state index contributed by atoms with van der Waals surface area (Å²) in [6.07, 6.45) is 2.03. The summed E-state index contributed by atoms with van der Waals surface area (Å²) in [5, 5.41) is 0. The lowest BCUT2D eigenvalue weighted by molar-refractivity contribution is 0.303. The summed E-state index contributed by atoms with van der Waals surface area (Å²) < 4.78 is 0.995. The van der Waals surface area contributed by atoms with Crippen molar-refractivity contribution in [1.82, 2.24) is 4.90 Å². The van der Waals surface area contributed by atoms with E-state index in [1.54, 1.807) is 11.8 Å². The third-order valence-electron chi connectivity index (χ3n) is 1.50. The van der Waals surface area contributed by atoms with Gasteiger partial charge in [0.2, 0.25) is 0 Å². The molecule has 0 heterocycles. The highest BCUT2D eigenvalue weighted by Gasteiger charge is 2.15. The Balaban J connectivity index is 4.22. The molecule has 0 aliphatic carbocycles. The summed E-state index contributed by atoms with van der Waals surface area (Å²) in [7, 11) is 0. The van der Waals surface area contributed by atoms with Crippen molar-refractivity contribution < 1.29 is 0 Å². The van der Waals surface area contributed by atoms with Gasteiger partial charge in [-0.3, -0.25) is 0 Å². The number of thioether (sulfide) groups is 1. The number of thiocarbonyl (C=S) groups is 1. The van der Waals surface area contributed by atoms with Gasteiger partial charge in [0.25, 0.3) is 0 Å². The minimum atomic E-state index is 0.509. The van der Waals surface area contributed by atoms with Crippen molar-refractivity contribution in [2.24, 2.45) is 0 Å². The Morgan fingerprint density at radius 1 is 1.18 bits per heavy atom. The first-order chi connectivity index (χ1) is 5.00. The van der Waals surface area contributed by atoms with Gasteiger partial charge in [0.1, 0.15) is 4.32 Å². The van der Waals surface area contributed by atoms with Crippen LogP contribution >= 0.6 is 24.0 Å². The predicted molar refractivity (Wildman–Crippen MR) is 58.2 cm³/mol. The number of rotatable bonds is 2. The summed E-state index contributed by atoms with van der Waals surface area (Å²) in [6, 6.07) is 1.02. The molecule has 0 saturated heterocycles. The van der Waals surface area contributed by atoms with Crippen LogP contribution in [0.4, 0.5) is 0 Å². The molecule has 0 saturated carbocycles. The minimum absolute atomic E-state index is 0.509. The topological polar surface area (TPSA) is 3.24 Å². The molecule has 0 aliphatic rings. The fourth-order valence-corrected chi connectivity index (χ4v) is 2.18. The highest BCUT2D eigenvalue weighted by atomic mass is 32.2. The van der Waals surface area contributed by atoms with Crippen molar-refractivity contribution in [3.05, 3.63) is 0 Å². The summed E-state index contributed by atoms with van der Waals surface area (Å²) in [6.45, 7) is 8.68. The van der Waals surface area contributed by atoms with Crippen molar-refractivity contribution in [2.45, 2.75) is 39.8 Å². The molecule has 0 radical (unpaired) electrons. The van der Waals surface area contributed by atoms with E-state index >= 15 is 0 Å². The molecule has 0 rings (SSSR count). The van der Waals surface area contributed by atoms with Crippen LogP contribution < -0.4 is 0 Å². The fraction of sp³-hybridized carbons (Fsp3) is 0.875. The molecule has 0 aromatic carbocycles. The Morgan fingerprint density at radius 2 is 1.55 bits per heavy atom. The van der Waals surface area contributed by atoms with Gasteiger partial charge in [-0.05, 0) is 34.0 Å². The second-order valence-electron chi connectivity index (χ2n) is 3.06. The van der Waals surface area contributed by atoms with Gasteiger partial charge in [-0.25, -0.2) is 0 Å². The van der Waals surface area contributed by atoms with Crippen molar-refractivity contribution in [1.29, 1.82) is 0 Å². The van der Waals surface area contributed by atoms with E-state index in [0.29, 0.717) is 12.1 Å². The first-order valence-corrected chi connectivity index (χ1v) is 5.50. The fourth-order valence-electron chi connectivity index (χ4n) is 1.12. The molecule has 0 aromatic rings. The van der Waals surface area contributed by atoms with E-state index in [1.165, 1.54) is 0 Å². The molecule has 66 valence electrons. The summed E-state index contributed by atoms with van der Waals surface area (Å²) in [5.74, 6) is 0. The number of hydrogen-bond donors (Lipinski definition) is 0. The Hall–Kier alpha value is 0.240. The smallest absolute Gasteiger partial charge is 0.136 e. The van der Waals surface area contributed by atoms with Crippen molar-refractivity contribution in [3.8, 4) is 0 Å². The van der Waals surface area contributed by atoms with Crippen LogP contribution in [0.15, 0.2) is 0 Å². The molecule has 3 heteroatoms. The molecule has 0 aliphatic heterocycles. The summed E-state index contributed by atoms with van der Waals surface area (Å²) in [5.41, 5.74) is 0. The van der Waals surface area contributed by atoms with Crippen molar-refractivity contribution in [2.75, 3.05) is 6.26 Å². The Bertz CT molecular complexity index is 124. The third kappa shape index (κ3) is 3.43. The van der Waals surface area contributed by atoms with Gasteiger partial charge in [0.05, 0.1) is 0 Å². The molecule has 1 nitrogen and oxygen atoms in total. The zero-order valence-electron chi connectivity index (χ0n) is 7.92. The van der Waals surface area contributed by atoms with Crippen LogP contribution in [-0.4, -0.2) is 27.6 Å². The van der Waals surface area contributed by atoms with E-state index in [9.17, 15) is 0 Å². The van der Waals surface area contributed by atoms with E-state index < -0.39 is 0 Å². The Kier molecular flexibility index (Phi) is 5.10. The lowest BCUT2D eigenvalue weighted by Crippen LogP contribution is -2.39. The Morgan fingerprint density at radius 3 is 1.64 bits per heavy atom. The van der Waals surface area contributed by atoms with Crippen LogP contribution in [0.2, 0.25) is 0 Å². The SMILES string of the molecule is CSC(=S)N(C(C)C)C(C)C. The molecule has 0 atom stereocenters. The van der Waals surface area contributed by atoms with E-state index in [2.05, 4.69) is 32.6 Å². The Labute approximate surface area is 79.5 Å². The normalized spacial score (nSPS) is 10.8.